The van der Waals surface area contributed by atoms with E-state index in [2.05, 4.69) is 32.7 Å². The Morgan fingerprint density at radius 1 is 1.13 bits per heavy atom. The van der Waals surface area contributed by atoms with Crippen molar-refractivity contribution in [3.63, 3.8) is 0 Å². The molecule has 0 aromatic heterocycles. The summed E-state index contributed by atoms with van der Waals surface area (Å²) in [7, 11) is 2.22. The minimum Gasteiger partial charge on any atom is -0.329 e. The molecule has 2 heteroatoms. The lowest BCUT2D eigenvalue weighted by molar-refractivity contribution is 0.113. The van der Waals surface area contributed by atoms with Crippen molar-refractivity contribution in [1.29, 1.82) is 0 Å². The molecular weight excluding hydrogens is 184 g/mol. The molecule has 2 N–H and O–H groups in total. The molecule has 0 unspecified atom stereocenters. The zero-order chi connectivity index (χ0) is 11.5. The average molecular weight is 212 g/mol. The van der Waals surface area contributed by atoms with Crippen molar-refractivity contribution in [3.05, 3.63) is 0 Å². The lowest BCUT2D eigenvalue weighted by atomic mass is 9.71. The fourth-order valence-corrected chi connectivity index (χ4v) is 2.77. The maximum Gasteiger partial charge on any atom is 0.0104 e. The first kappa shape index (κ1) is 13.0. The van der Waals surface area contributed by atoms with Crippen LogP contribution < -0.4 is 5.73 Å². The number of likely N-dealkylation sites (N-methyl/N-ethyl adjacent to an activating group) is 1. The van der Waals surface area contributed by atoms with Gasteiger partial charge in [-0.25, -0.2) is 0 Å². The number of nitrogens with two attached hydrogens (primary N) is 1. The van der Waals surface area contributed by atoms with Crippen LogP contribution in [0.5, 0.6) is 0 Å². The van der Waals surface area contributed by atoms with E-state index in [1.807, 2.05) is 0 Å². The molecule has 1 fully saturated rings. The summed E-state index contributed by atoms with van der Waals surface area (Å²) in [6.07, 6.45) is 5.50. The van der Waals surface area contributed by atoms with Crippen molar-refractivity contribution in [2.45, 2.75) is 52.5 Å². The normalized spacial score (nSPS) is 28.4. The summed E-state index contributed by atoms with van der Waals surface area (Å²) in [5.74, 6) is 0.917. The van der Waals surface area contributed by atoms with Crippen LogP contribution in [0.25, 0.3) is 0 Å². The Kier molecular flexibility index (Phi) is 4.60. The Bertz CT molecular complexity index is 175. The SMILES string of the molecule is CN(CCN)C1CCC(C(C)(C)C)CC1. The van der Waals surface area contributed by atoms with Gasteiger partial charge in [-0.3, -0.25) is 0 Å². The van der Waals surface area contributed by atoms with E-state index < -0.39 is 0 Å². The third-order valence-corrected chi connectivity index (χ3v) is 4.03. The molecule has 2 nitrogen and oxygen atoms in total. The van der Waals surface area contributed by atoms with E-state index >= 15 is 0 Å². The molecule has 1 aliphatic rings. The highest BCUT2D eigenvalue weighted by atomic mass is 15.1. The molecule has 15 heavy (non-hydrogen) atoms. The van der Waals surface area contributed by atoms with Crippen LogP contribution in [0.4, 0.5) is 0 Å². The van der Waals surface area contributed by atoms with E-state index in [-0.39, 0.29) is 0 Å². The number of hydrogen-bond donors (Lipinski definition) is 1. The second-order valence-corrected chi connectivity index (χ2v) is 6.14. The molecule has 90 valence electrons. The predicted molar refractivity (Wildman–Crippen MR) is 66.9 cm³/mol. The minimum atomic E-state index is 0.497. The molecule has 0 radical (unpaired) electrons. The monoisotopic (exact) mass is 212 g/mol. The molecule has 1 aliphatic carbocycles. The Morgan fingerprint density at radius 3 is 2.07 bits per heavy atom. The van der Waals surface area contributed by atoms with E-state index in [1.165, 1.54) is 25.7 Å². The fraction of sp³-hybridized carbons (Fsp3) is 1.00. The molecule has 0 aromatic carbocycles. The van der Waals surface area contributed by atoms with Crippen molar-refractivity contribution >= 4 is 0 Å². The van der Waals surface area contributed by atoms with Crippen LogP contribution in [0.3, 0.4) is 0 Å². The van der Waals surface area contributed by atoms with Gasteiger partial charge in [-0.1, -0.05) is 20.8 Å². The quantitative estimate of drug-likeness (QED) is 0.779. The summed E-state index contributed by atoms with van der Waals surface area (Å²) in [4.78, 5) is 2.44. The van der Waals surface area contributed by atoms with Crippen molar-refractivity contribution < 1.29 is 0 Å². The molecular formula is C13H28N2. The van der Waals surface area contributed by atoms with Crippen LogP contribution in [0.1, 0.15) is 46.5 Å². The van der Waals surface area contributed by atoms with Gasteiger partial charge in [0.25, 0.3) is 0 Å². The lowest BCUT2D eigenvalue weighted by Gasteiger charge is -2.39. The molecule has 0 bridgehead atoms. The lowest BCUT2D eigenvalue weighted by Crippen LogP contribution is -2.39. The third kappa shape index (κ3) is 3.76. The van der Waals surface area contributed by atoms with E-state index in [0.717, 1.165) is 25.0 Å². The zero-order valence-electron chi connectivity index (χ0n) is 10.9. The molecule has 1 rings (SSSR count). The highest BCUT2D eigenvalue weighted by Gasteiger charge is 2.30. The van der Waals surface area contributed by atoms with Crippen LogP contribution >= 0.6 is 0 Å². The van der Waals surface area contributed by atoms with Crippen LogP contribution in [-0.2, 0) is 0 Å². The Balaban J connectivity index is 2.36. The van der Waals surface area contributed by atoms with Gasteiger partial charge in [-0.05, 0) is 44.1 Å². The van der Waals surface area contributed by atoms with Gasteiger partial charge in [0.1, 0.15) is 0 Å². The van der Waals surface area contributed by atoms with E-state index in [0.29, 0.717) is 5.41 Å². The maximum absolute atomic E-state index is 5.59. The van der Waals surface area contributed by atoms with Gasteiger partial charge in [-0.15, -0.1) is 0 Å². The summed E-state index contributed by atoms with van der Waals surface area (Å²) < 4.78 is 0. The predicted octanol–water partition coefficient (Wildman–Crippen LogP) is 2.48. The van der Waals surface area contributed by atoms with Gasteiger partial charge in [-0.2, -0.15) is 0 Å². The summed E-state index contributed by atoms with van der Waals surface area (Å²) in [5, 5.41) is 0. The molecule has 0 atom stereocenters. The number of nitrogens with zero attached hydrogens (tertiary/aromatic N) is 1. The second kappa shape index (κ2) is 5.31. The van der Waals surface area contributed by atoms with Crippen LogP contribution in [0.15, 0.2) is 0 Å². The fourth-order valence-electron chi connectivity index (χ4n) is 2.77. The van der Waals surface area contributed by atoms with Gasteiger partial charge in [0, 0.05) is 19.1 Å². The largest absolute Gasteiger partial charge is 0.329 e. The van der Waals surface area contributed by atoms with Gasteiger partial charge < -0.3 is 10.6 Å². The van der Waals surface area contributed by atoms with Gasteiger partial charge in [0.15, 0.2) is 0 Å². The zero-order valence-corrected chi connectivity index (χ0v) is 10.9. The molecule has 0 spiro atoms. The van der Waals surface area contributed by atoms with E-state index in [4.69, 9.17) is 5.73 Å². The topological polar surface area (TPSA) is 29.3 Å². The number of rotatable bonds is 3. The smallest absolute Gasteiger partial charge is 0.0104 e. The standard InChI is InChI=1S/C13H28N2/c1-13(2,3)11-5-7-12(8-6-11)15(4)10-9-14/h11-12H,5-10,14H2,1-4H3. The first-order chi connectivity index (χ1) is 6.95. The van der Waals surface area contributed by atoms with Crippen molar-refractivity contribution in [1.82, 2.24) is 4.90 Å². The third-order valence-electron chi connectivity index (χ3n) is 4.03. The highest BCUT2D eigenvalue weighted by molar-refractivity contribution is 4.83. The Hall–Kier alpha value is -0.0800. The molecule has 0 aromatic rings. The Morgan fingerprint density at radius 2 is 1.67 bits per heavy atom. The highest BCUT2D eigenvalue weighted by Crippen LogP contribution is 2.38. The van der Waals surface area contributed by atoms with Gasteiger partial charge in [0.2, 0.25) is 0 Å². The van der Waals surface area contributed by atoms with Crippen LogP contribution in [0.2, 0.25) is 0 Å². The minimum absolute atomic E-state index is 0.497. The van der Waals surface area contributed by atoms with Gasteiger partial charge in [0.05, 0.1) is 0 Å². The first-order valence-electron chi connectivity index (χ1n) is 6.35. The van der Waals surface area contributed by atoms with Gasteiger partial charge >= 0.3 is 0 Å². The average Bonchev–Trinajstić information content (AvgIpc) is 2.17. The summed E-state index contributed by atoms with van der Waals surface area (Å²) in [6.45, 7) is 8.96. The number of hydrogen-bond acceptors (Lipinski definition) is 2. The van der Waals surface area contributed by atoms with Crippen LogP contribution in [0, 0.1) is 11.3 Å². The second-order valence-electron chi connectivity index (χ2n) is 6.14. The van der Waals surface area contributed by atoms with E-state index in [9.17, 15) is 0 Å². The van der Waals surface area contributed by atoms with Crippen LogP contribution in [-0.4, -0.2) is 31.1 Å². The first-order valence-corrected chi connectivity index (χ1v) is 6.35. The van der Waals surface area contributed by atoms with Crippen molar-refractivity contribution in [2.24, 2.45) is 17.1 Å². The molecule has 1 saturated carbocycles. The molecule has 0 heterocycles. The molecule has 0 saturated heterocycles. The summed E-state index contributed by atoms with van der Waals surface area (Å²) in [5.41, 5.74) is 6.09. The van der Waals surface area contributed by atoms with E-state index in [1.54, 1.807) is 0 Å². The molecule has 0 aliphatic heterocycles. The van der Waals surface area contributed by atoms with Crippen molar-refractivity contribution in [3.8, 4) is 0 Å². The molecule has 0 amide bonds. The maximum atomic E-state index is 5.59. The summed E-state index contributed by atoms with van der Waals surface area (Å²) in [6, 6.07) is 0.784. The Labute approximate surface area is 95.2 Å². The van der Waals surface area contributed by atoms with Crippen molar-refractivity contribution in [2.75, 3.05) is 20.1 Å². The summed E-state index contributed by atoms with van der Waals surface area (Å²) >= 11 is 0.